The first kappa shape index (κ1) is 12.9. The van der Waals surface area contributed by atoms with E-state index in [1.54, 1.807) is 23.9 Å². The number of carbonyl (C=O) groups is 1. The minimum absolute atomic E-state index is 0.303. The SMILES string of the molecule is CCOC(=O)c1ccn(-c2ccc3ccc(Br)cn23)n1. The van der Waals surface area contributed by atoms with Crippen molar-refractivity contribution in [2.75, 3.05) is 6.61 Å². The van der Waals surface area contributed by atoms with Gasteiger partial charge in [-0.3, -0.25) is 0 Å². The maximum absolute atomic E-state index is 11.6. The summed E-state index contributed by atoms with van der Waals surface area (Å²) in [6.45, 7) is 2.11. The Kier molecular flexibility index (Phi) is 3.31. The summed E-state index contributed by atoms with van der Waals surface area (Å²) in [6.07, 6.45) is 3.70. The number of esters is 1. The van der Waals surface area contributed by atoms with E-state index in [0.29, 0.717) is 12.3 Å². The Bertz CT molecular complexity index is 776. The lowest BCUT2D eigenvalue weighted by atomic mass is 10.4. The van der Waals surface area contributed by atoms with Crippen molar-refractivity contribution in [1.29, 1.82) is 0 Å². The van der Waals surface area contributed by atoms with E-state index in [2.05, 4.69) is 21.0 Å². The Morgan fingerprint density at radius 2 is 2.10 bits per heavy atom. The molecule has 0 aromatic carbocycles. The van der Waals surface area contributed by atoms with E-state index >= 15 is 0 Å². The first-order chi connectivity index (χ1) is 9.69. The van der Waals surface area contributed by atoms with Gasteiger partial charge >= 0.3 is 5.97 Å². The number of nitrogens with zero attached hydrogens (tertiary/aromatic N) is 3. The van der Waals surface area contributed by atoms with Crippen molar-refractivity contribution in [1.82, 2.24) is 14.2 Å². The average molecular weight is 334 g/mol. The van der Waals surface area contributed by atoms with Crippen LogP contribution in [0.5, 0.6) is 0 Å². The van der Waals surface area contributed by atoms with Crippen LogP contribution in [0.25, 0.3) is 11.3 Å². The molecule has 20 heavy (non-hydrogen) atoms. The van der Waals surface area contributed by atoms with Gasteiger partial charge in [-0.05, 0) is 53.2 Å². The summed E-state index contributed by atoms with van der Waals surface area (Å²) in [5.74, 6) is 0.449. The molecule has 0 amide bonds. The summed E-state index contributed by atoms with van der Waals surface area (Å²) in [7, 11) is 0. The summed E-state index contributed by atoms with van der Waals surface area (Å²) >= 11 is 3.45. The van der Waals surface area contributed by atoms with Crippen LogP contribution in [0, 0.1) is 0 Å². The molecule has 0 N–H and O–H groups in total. The molecule has 3 aromatic rings. The molecule has 0 saturated carbocycles. The second-order valence-corrected chi connectivity index (χ2v) is 5.12. The second-order valence-electron chi connectivity index (χ2n) is 4.20. The molecule has 0 aliphatic heterocycles. The lowest BCUT2D eigenvalue weighted by Gasteiger charge is -2.03. The molecule has 0 aliphatic rings. The molecule has 0 aliphatic carbocycles. The number of hydrogen-bond acceptors (Lipinski definition) is 3. The van der Waals surface area contributed by atoms with Crippen LogP contribution in [0.3, 0.4) is 0 Å². The smallest absolute Gasteiger partial charge is 0.358 e. The topological polar surface area (TPSA) is 48.5 Å². The molecule has 3 heterocycles. The second kappa shape index (κ2) is 5.13. The van der Waals surface area contributed by atoms with Gasteiger partial charge in [0.05, 0.1) is 6.61 Å². The van der Waals surface area contributed by atoms with Crippen LogP contribution in [-0.4, -0.2) is 26.8 Å². The molecule has 0 atom stereocenters. The number of pyridine rings is 1. The third-order valence-corrected chi connectivity index (χ3v) is 3.37. The van der Waals surface area contributed by atoms with Gasteiger partial charge in [-0.15, -0.1) is 0 Å². The van der Waals surface area contributed by atoms with Gasteiger partial charge in [-0.2, -0.15) is 5.10 Å². The van der Waals surface area contributed by atoms with Gasteiger partial charge in [-0.1, -0.05) is 0 Å². The Labute approximate surface area is 123 Å². The summed E-state index contributed by atoms with van der Waals surface area (Å²) in [4.78, 5) is 11.6. The van der Waals surface area contributed by atoms with E-state index in [9.17, 15) is 4.79 Å². The van der Waals surface area contributed by atoms with E-state index in [1.165, 1.54) is 0 Å². The van der Waals surface area contributed by atoms with Gasteiger partial charge in [0.15, 0.2) is 5.69 Å². The van der Waals surface area contributed by atoms with Crippen molar-refractivity contribution in [2.45, 2.75) is 6.92 Å². The Balaban J connectivity index is 2.03. The van der Waals surface area contributed by atoms with Crippen molar-refractivity contribution in [3.8, 4) is 5.82 Å². The minimum Gasteiger partial charge on any atom is -0.461 e. The average Bonchev–Trinajstić information content (AvgIpc) is 3.04. The number of aromatic nitrogens is 3. The number of hydrogen-bond donors (Lipinski definition) is 0. The monoisotopic (exact) mass is 333 g/mol. The Morgan fingerprint density at radius 1 is 1.30 bits per heavy atom. The van der Waals surface area contributed by atoms with Crippen molar-refractivity contribution < 1.29 is 9.53 Å². The predicted octanol–water partition coefficient (Wildman–Crippen LogP) is 3.06. The zero-order chi connectivity index (χ0) is 14.1. The summed E-state index contributed by atoms with van der Waals surface area (Å²) < 4.78 is 9.56. The van der Waals surface area contributed by atoms with Gasteiger partial charge in [0.2, 0.25) is 0 Å². The van der Waals surface area contributed by atoms with E-state index in [1.807, 2.05) is 34.9 Å². The molecule has 6 heteroatoms. The molecule has 3 aromatic heterocycles. The molecule has 0 saturated heterocycles. The number of fused-ring (bicyclic) bond motifs is 1. The largest absolute Gasteiger partial charge is 0.461 e. The lowest BCUT2D eigenvalue weighted by Crippen LogP contribution is -2.07. The predicted molar refractivity (Wildman–Crippen MR) is 78.2 cm³/mol. The fourth-order valence-corrected chi connectivity index (χ4v) is 2.35. The van der Waals surface area contributed by atoms with E-state index in [-0.39, 0.29) is 0 Å². The lowest BCUT2D eigenvalue weighted by molar-refractivity contribution is 0.0519. The summed E-state index contributed by atoms with van der Waals surface area (Å²) in [5, 5.41) is 4.26. The van der Waals surface area contributed by atoms with Crippen LogP contribution in [-0.2, 0) is 4.74 Å². The molecule has 0 bridgehead atoms. The van der Waals surface area contributed by atoms with Crippen LogP contribution in [0.15, 0.2) is 47.2 Å². The maximum Gasteiger partial charge on any atom is 0.358 e. The van der Waals surface area contributed by atoms with Gasteiger partial charge in [0.1, 0.15) is 5.82 Å². The number of carbonyl (C=O) groups excluding carboxylic acids is 1. The maximum atomic E-state index is 11.6. The molecule has 3 rings (SSSR count). The molecule has 5 nitrogen and oxygen atoms in total. The molecule has 0 unspecified atom stereocenters. The van der Waals surface area contributed by atoms with Crippen LogP contribution < -0.4 is 0 Å². The number of rotatable bonds is 3. The minimum atomic E-state index is -0.409. The van der Waals surface area contributed by atoms with Crippen molar-refractivity contribution in [3.63, 3.8) is 0 Å². The van der Waals surface area contributed by atoms with Crippen molar-refractivity contribution in [2.24, 2.45) is 0 Å². The van der Waals surface area contributed by atoms with Crippen LogP contribution >= 0.6 is 15.9 Å². The number of halogens is 1. The quantitative estimate of drug-likeness (QED) is 0.692. The fraction of sp³-hybridized carbons (Fsp3) is 0.143. The van der Waals surface area contributed by atoms with Crippen molar-refractivity contribution >= 4 is 27.4 Å². The third kappa shape index (κ3) is 2.22. The molecule has 102 valence electrons. The van der Waals surface area contributed by atoms with Crippen LogP contribution in [0.1, 0.15) is 17.4 Å². The van der Waals surface area contributed by atoms with E-state index < -0.39 is 5.97 Å². The Hall–Kier alpha value is -2.08. The molecule has 0 fully saturated rings. The highest BCUT2D eigenvalue weighted by Gasteiger charge is 2.12. The summed E-state index contributed by atoms with van der Waals surface area (Å²) in [5.41, 5.74) is 1.35. The van der Waals surface area contributed by atoms with E-state index in [0.717, 1.165) is 15.8 Å². The zero-order valence-corrected chi connectivity index (χ0v) is 12.4. The highest BCUT2D eigenvalue weighted by atomic mass is 79.9. The summed E-state index contributed by atoms with van der Waals surface area (Å²) in [6, 6.07) is 9.57. The molecular weight excluding hydrogens is 322 g/mol. The third-order valence-electron chi connectivity index (χ3n) is 2.90. The number of ether oxygens (including phenoxy) is 1. The molecule has 0 spiro atoms. The van der Waals surface area contributed by atoms with Crippen molar-refractivity contribution in [3.05, 3.63) is 52.9 Å². The van der Waals surface area contributed by atoms with Crippen LogP contribution in [0.4, 0.5) is 0 Å². The standard InChI is InChI=1S/C14H12BrN3O2/c1-2-20-14(19)12-7-8-18(16-12)13-6-5-11-4-3-10(15)9-17(11)13/h3-9H,2H2,1H3. The first-order valence-electron chi connectivity index (χ1n) is 6.19. The normalized spacial score (nSPS) is 10.9. The van der Waals surface area contributed by atoms with Crippen LogP contribution in [0.2, 0.25) is 0 Å². The van der Waals surface area contributed by atoms with Gasteiger partial charge < -0.3 is 9.14 Å². The first-order valence-corrected chi connectivity index (χ1v) is 6.98. The van der Waals surface area contributed by atoms with Gasteiger partial charge in [-0.25, -0.2) is 9.48 Å². The zero-order valence-electron chi connectivity index (χ0n) is 10.8. The molecular formula is C14H12BrN3O2. The van der Waals surface area contributed by atoms with E-state index in [4.69, 9.17) is 4.74 Å². The van der Waals surface area contributed by atoms with Gasteiger partial charge in [0.25, 0.3) is 0 Å². The Morgan fingerprint density at radius 3 is 2.90 bits per heavy atom. The fourth-order valence-electron chi connectivity index (χ4n) is 2.01. The molecule has 0 radical (unpaired) electrons. The highest BCUT2D eigenvalue weighted by Crippen LogP contribution is 2.18. The highest BCUT2D eigenvalue weighted by molar-refractivity contribution is 9.10. The van der Waals surface area contributed by atoms with Gasteiger partial charge in [0, 0.05) is 22.4 Å².